The summed E-state index contributed by atoms with van der Waals surface area (Å²) in [6.07, 6.45) is 0. The molecule has 0 saturated carbocycles. The van der Waals surface area contributed by atoms with Crippen molar-refractivity contribution in [2.24, 2.45) is 10.2 Å². The van der Waals surface area contributed by atoms with Gasteiger partial charge in [-0.2, -0.15) is 16.8 Å². The molecule has 10 nitrogen and oxygen atoms in total. The Balaban J connectivity index is 2.66. The summed E-state index contributed by atoms with van der Waals surface area (Å²) in [5, 5.41) is 7.63. The lowest BCUT2D eigenvalue weighted by Gasteiger charge is -2.16. The molecule has 26 heavy (non-hydrogen) atoms. The Morgan fingerprint density at radius 1 is 0.885 bits per heavy atom. The van der Waals surface area contributed by atoms with E-state index in [-0.39, 0.29) is 17.1 Å². The minimum atomic E-state index is -4.58. The van der Waals surface area contributed by atoms with E-state index in [0.717, 1.165) is 12.1 Å². The number of anilines is 2. The van der Waals surface area contributed by atoms with E-state index in [1.165, 1.54) is 18.2 Å². The number of rotatable bonds is 5. The van der Waals surface area contributed by atoms with Gasteiger partial charge in [0.2, 0.25) is 0 Å². The van der Waals surface area contributed by atoms with Crippen LogP contribution in [0.3, 0.4) is 0 Å². The summed E-state index contributed by atoms with van der Waals surface area (Å²) in [5.74, 6) is 0. The summed E-state index contributed by atoms with van der Waals surface area (Å²) in [6.45, 7) is 0. The summed E-state index contributed by atoms with van der Waals surface area (Å²) >= 11 is 0. The maximum atomic E-state index is 11.6. The molecule has 0 atom stereocenters. The number of nitrogen functional groups attached to an aromatic ring is 1. The molecule has 0 amide bonds. The summed E-state index contributed by atoms with van der Waals surface area (Å²) < 4.78 is 64.3. The van der Waals surface area contributed by atoms with E-state index in [9.17, 15) is 21.4 Å². The van der Waals surface area contributed by atoms with Gasteiger partial charge in [0.15, 0.2) is 0 Å². The molecule has 0 fully saturated rings. The summed E-state index contributed by atoms with van der Waals surface area (Å²) in [5.41, 5.74) is 5.42. The molecule has 2 aromatic rings. The predicted octanol–water partition coefficient (Wildman–Crippen LogP) is 2.24. The van der Waals surface area contributed by atoms with Gasteiger partial charge in [0.1, 0.15) is 21.2 Å². The van der Waals surface area contributed by atoms with Crippen LogP contribution in [-0.4, -0.2) is 40.0 Å². The minimum Gasteiger partial charge on any atom is -0.396 e. The molecule has 0 aliphatic carbocycles. The minimum absolute atomic E-state index is 0.102. The molecule has 2 rings (SSSR count). The quantitative estimate of drug-likeness (QED) is 0.391. The molecule has 0 radical (unpaired) electrons. The highest BCUT2D eigenvalue weighted by Crippen LogP contribution is 2.37. The van der Waals surface area contributed by atoms with E-state index < -0.39 is 30.0 Å². The molecule has 0 spiro atoms. The molecule has 0 aliphatic heterocycles. The zero-order valence-electron chi connectivity index (χ0n) is 13.7. The average Bonchev–Trinajstić information content (AvgIpc) is 2.51. The molecule has 0 saturated heterocycles. The van der Waals surface area contributed by atoms with Crippen LogP contribution in [0.25, 0.3) is 0 Å². The molecule has 12 heteroatoms. The van der Waals surface area contributed by atoms with E-state index in [4.69, 9.17) is 10.3 Å². The molecule has 0 bridgehead atoms. The number of azo groups is 1. The van der Waals surface area contributed by atoms with Gasteiger partial charge < -0.3 is 10.6 Å². The zero-order chi connectivity index (χ0) is 19.7. The van der Waals surface area contributed by atoms with E-state index in [1.54, 1.807) is 25.1 Å². The highest BCUT2D eigenvalue weighted by Gasteiger charge is 2.20. The van der Waals surface area contributed by atoms with Crippen LogP contribution in [0.2, 0.25) is 0 Å². The highest BCUT2D eigenvalue weighted by atomic mass is 32.2. The number of hydrogen-bond donors (Lipinski definition) is 3. The monoisotopic (exact) mass is 400 g/mol. The van der Waals surface area contributed by atoms with Crippen molar-refractivity contribution in [3.8, 4) is 0 Å². The molecule has 0 aromatic heterocycles. The van der Waals surface area contributed by atoms with Crippen LogP contribution in [0.5, 0.6) is 0 Å². The zero-order valence-corrected chi connectivity index (χ0v) is 15.4. The molecule has 0 heterocycles. The van der Waals surface area contributed by atoms with Gasteiger partial charge in [0.25, 0.3) is 20.2 Å². The smallest absolute Gasteiger partial charge is 0.296 e. The fraction of sp³-hybridized carbons (Fsp3) is 0.143. The van der Waals surface area contributed by atoms with Crippen molar-refractivity contribution in [1.82, 2.24) is 0 Å². The van der Waals surface area contributed by atoms with Gasteiger partial charge in [-0.25, -0.2) is 0 Å². The van der Waals surface area contributed by atoms with Crippen LogP contribution < -0.4 is 10.6 Å². The first-order chi connectivity index (χ1) is 11.9. The highest BCUT2D eigenvalue weighted by molar-refractivity contribution is 7.86. The van der Waals surface area contributed by atoms with E-state index in [0.29, 0.717) is 5.69 Å². The fourth-order valence-electron chi connectivity index (χ4n) is 2.13. The van der Waals surface area contributed by atoms with E-state index in [1.807, 2.05) is 0 Å². The first-order valence-corrected chi connectivity index (χ1v) is 9.86. The largest absolute Gasteiger partial charge is 0.396 e. The van der Waals surface area contributed by atoms with Crippen LogP contribution in [0.15, 0.2) is 56.4 Å². The lowest BCUT2D eigenvalue weighted by molar-refractivity contribution is 0.481. The molecular weight excluding hydrogens is 384 g/mol. The van der Waals surface area contributed by atoms with Crippen molar-refractivity contribution >= 4 is 43.0 Å². The first-order valence-electron chi connectivity index (χ1n) is 6.98. The summed E-state index contributed by atoms with van der Waals surface area (Å²) in [6, 6.07) is 7.83. The SMILES string of the molecule is CN(C)c1cccc(S(=O)(=O)O)c1N=Nc1cccc(S(=O)(=O)O)c1N. The third-order valence-electron chi connectivity index (χ3n) is 3.32. The van der Waals surface area contributed by atoms with Gasteiger partial charge in [-0.05, 0) is 24.3 Å². The Bertz CT molecular complexity index is 1080. The number of nitrogens with two attached hydrogens (primary N) is 1. The van der Waals surface area contributed by atoms with Gasteiger partial charge in [0, 0.05) is 14.1 Å². The summed E-state index contributed by atoms with van der Waals surface area (Å²) in [7, 11) is -5.88. The normalized spacial score (nSPS) is 12.5. The number of nitrogens with zero attached hydrogens (tertiary/aromatic N) is 3. The van der Waals surface area contributed by atoms with Gasteiger partial charge in [-0.3, -0.25) is 9.11 Å². The van der Waals surface area contributed by atoms with Crippen molar-refractivity contribution in [2.75, 3.05) is 24.7 Å². The van der Waals surface area contributed by atoms with Crippen LogP contribution in [-0.2, 0) is 20.2 Å². The van der Waals surface area contributed by atoms with Gasteiger partial charge >= 0.3 is 0 Å². The fourth-order valence-corrected chi connectivity index (χ4v) is 3.40. The Labute approximate surface area is 150 Å². The molecular formula is C14H16N4O6S2. The third kappa shape index (κ3) is 4.16. The standard InChI is InChI=1S/C14H16N4O6S2/c1-18(2)10-6-4-8-12(26(22,23)24)14(10)17-16-9-5-3-7-11(13(9)15)25(19,20)21/h3-8H,15H2,1-2H3,(H,19,20,21)(H,22,23,24). The van der Waals surface area contributed by atoms with Crippen molar-refractivity contribution in [2.45, 2.75) is 9.79 Å². The second-order valence-electron chi connectivity index (χ2n) is 5.36. The van der Waals surface area contributed by atoms with Crippen LogP contribution in [0.4, 0.5) is 22.7 Å². The Kier molecular flexibility index (Phi) is 5.32. The topological polar surface area (TPSA) is 163 Å². The van der Waals surface area contributed by atoms with Crippen molar-refractivity contribution < 1.29 is 25.9 Å². The number of para-hydroxylation sites is 1. The van der Waals surface area contributed by atoms with Gasteiger partial charge in [-0.1, -0.05) is 12.1 Å². The second kappa shape index (κ2) is 6.99. The number of benzene rings is 2. The number of hydrogen-bond acceptors (Lipinski definition) is 8. The van der Waals surface area contributed by atoms with Crippen LogP contribution in [0, 0.1) is 0 Å². The Morgan fingerprint density at radius 2 is 1.42 bits per heavy atom. The van der Waals surface area contributed by atoms with Crippen molar-refractivity contribution in [3.05, 3.63) is 36.4 Å². The molecule has 2 aromatic carbocycles. The maximum absolute atomic E-state index is 11.6. The predicted molar refractivity (Wildman–Crippen MR) is 95.4 cm³/mol. The van der Waals surface area contributed by atoms with Crippen LogP contribution >= 0.6 is 0 Å². The molecule has 0 unspecified atom stereocenters. The lowest BCUT2D eigenvalue weighted by Crippen LogP contribution is -2.10. The van der Waals surface area contributed by atoms with Crippen molar-refractivity contribution in [1.29, 1.82) is 0 Å². The van der Waals surface area contributed by atoms with Gasteiger partial charge in [-0.15, -0.1) is 10.2 Å². The van der Waals surface area contributed by atoms with E-state index >= 15 is 0 Å². The maximum Gasteiger partial charge on any atom is 0.296 e. The lowest BCUT2D eigenvalue weighted by atomic mass is 10.2. The molecule has 4 N–H and O–H groups in total. The first kappa shape index (κ1) is 19.8. The molecule has 140 valence electrons. The van der Waals surface area contributed by atoms with E-state index in [2.05, 4.69) is 10.2 Å². The van der Waals surface area contributed by atoms with Crippen molar-refractivity contribution in [3.63, 3.8) is 0 Å². The summed E-state index contributed by atoms with van der Waals surface area (Å²) in [4.78, 5) is 0.530. The van der Waals surface area contributed by atoms with Crippen LogP contribution in [0.1, 0.15) is 0 Å². The second-order valence-corrected chi connectivity index (χ2v) is 8.14. The van der Waals surface area contributed by atoms with Gasteiger partial charge in [0.05, 0.1) is 11.4 Å². The average molecular weight is 400 g/mol. The molecule has 0 aliphatic rings. The Hall–Kier alpha value is -2.54. The third-order valence-corrected chi connectivity index (χ3v) is 5.11. The Morgan fingerprint density at radius 3 is 1.96 bits per heavy atom.